The van der Waals surface area contributed by atoms with E-state index in [0.29, 0.717) is 21.7 Å². The van der Waals surface area contributed by atoms with Crippen molar-refractivity contribution in [3.05, 3.63) is 58.7 Å². The van der Waals surface area contributed by atoms with Crippen LogP contribution in [-0.4, -0.2) is 16.0 Å². The van der Waals surface area contributed by atoms with Crippen molar-refractivity contribution in [1.29, 1.82) is 0 Å². The van der Waals surface area contributed by atoms with Crippen molar-refractivity contribution in [2.75, 3.05) is 11.1 Å². The number of nitrogens with zero attached hydrogens (tertiary/aromatic N) is 2. The lowest BCUT2D eigenvalue weighted by Crippen LogP contribution is -2.12. The zero-order valence-electron chi connectivity index (χ0n) is 13.9. The minimum Gasteiger partial charge on any atom is -0.397 e. The van der Waals surface area contributed by atoms with Crippen LogP contribution in [0.4, 0.5) is 20.3 Å². The molecule has 4 aromatic rings. The molecule has 0 bridgehead atoms. The number of aromatic nitrogens is 2. The fourth-order valence-corrected chi connectivity index (χ4v) is 3.60. The van der Waals surface area contributed by atoms with Gasteiger partial charge < -0.3 is 15.6 Å². The predicted molar refractivity (Wildman–Crippen MR) is 98.6 cm³/mol. The number of carbonyl (C=O) groups excluding carboxylic acids is 1. The molecule has 1 aromatic carbocycles. The van der Waals surface area contributed by atoms with Crippen LogP contribution >= 0.6 is 11.3 Å². The first-order valence-corrected chi connectivity index (χ1v) is 8.63. The van der Waals surface area contributed by atoms with Gasteiger partial charge in [-0.2, -0.15) is 0 Å². The molecule has 3 aromatic heterocycles. The maximum Gasteiger partial charge on any atom is 0.269 e. The molecule has 1 amide bonds. The molecule has 4 rings (SSSR count). The Bertz CT molecular complexity index is 1190. The van der Waals surface area contributed by atoms with Crippen LogP contribution in [0.25, 0.3) is 21.5 Å². The Balaban J connectivity index is 1.72. The van der Waals surface area contributed by atoms with Gasteiger partial charge in [0.25, 0.3) is 5.91 Å². The molecule has 0 spiro atoms. The SMILES string of the molecule is Cc1cc(NC(=O)c2sc3nc(-c4ccc(F)cc4F)ccc3c2N)no1. The van der Waals surface area contributed by atoms with Gasteiger partial charge in [-0.05, 0) is 31.2 Å². The molecule has 3 heterocycles. The van der Waals surface area contributed by atoms with Gasteiger partial charge in [0.15, 0.2) is 5.82 Å². The van der Waals surface area contributed by atoms with Crippen molar-refractivity contribution < 1.29 is 18.1 Å². The van der Waals surface area contributed by atoms with Gasteiger partial charge in [0.2, 0.25) is 0 Å². The standard InChI is InChI=1S/C18H12F2N4O2S/c1-8-6-14(24-26-8)23-17(25)16-15(21)11-4-5-13(22-18(11)27-16)10-3-2-9(19)7-12(10)20/h2-7H,21H2,1H3,(H,23,24,25). The van der Waals surface area contributed by atoms with Crippen molar-refractivity contribution in [3.8, 4) is 11.3 Å². The van der Waals surface area contributed by atoms with Gasteiger partial charge in [-0.25, -0.2) is 13.8 Å². The van der Waals surface area contributed by atoms with Crippen molar-refractivity contribution in [2.24, 2.45) is 0 Å². The number of hydrogen-bond acceptors (Lipinski definition) is 6. The molecule has 0 fully saturated rings. The molecular formula is C18H12F2N4O2S. The highest BCUT2D eigenvalue weighted by molar-refractivity contribution is 7.21. The van der Waals surface area contributed by atoms with Gasteiger partial charge in [0.1, 0.15) is 27.1 Å². The number of aryl methyl sites for hydroxylation is 1. The first-order valence-electron chi connectivity index (χ1n) is 7.81. The lowest BCUT2D eigenvalue weighted by Gasteiger charge is -2.03. The lowest BCUT2D eigenvalue weighted by molar-refractivity contribution is 0.103. The van der Waals surface area contributed by atoms with Crippen molar-refractivity contribution in [2.45, 2.75) is 6.92 Å². The first kappa shape index (κ1) is 17.1. The molecule has 3 N–H and O–H groups in total. The number of thiophene rings is 1. The third-order valence-electron chi connectivity index (χ3n) is 3.88. The van der Waals surface area contributed by atoms with Gasteiger partial charge >= 0.3 is 0 Å². The Morgan fingerprint density at radius 1 is 1.22 bits per heavy atom. The lowest BCUT2D eigenvalue weighted by atomic mass is 10.1. The largest absolute Gasteiger partial charge is 0.397 e. The monoisotopic (exact) mass is 386 g/mol. The minimum atomic E-state index is -0.717. The van der Waals surface area contributed by atoms with E-state index in [4.69, 9.17) is 10.3 Å². The van der Waals surface area contributed by atoms with Crippen LogP contribution in [0.15, 0.2) is 40.9 Å². The van der Waals surface area contributed by atoms with Gasteiger partial charge in [0, 0.05) is 23.1 Å². The highest BCUT2D eigenvalue weighted by Crippen LogP contribution is 2.35. The number of nitrogens with one attached hydrogen (secondary N) is 1. The fourth-order valence-electron chi connectivity index (χ4n) is 2.61. The average Bonchev–Trinajstić information content (AvgIpc) is 3.18. The number of pyridine rings is 1. The summed E-state index contributed by atoms with van der Waals surface area (Å²) >= 11 is 1.07. The normalized spacial score (nSPS) is 11.1. The highest BCUT2D eigenvalue weighted by Gasteiger charge is 2.19. The Kier molecular flexibility index (Phi) is 4.08. The number of benzene rings is 1. The topological polar surface area (TPSA) is 94.0 Å². The van der Waals surface area contributed by atoms with E-state index < -0.39 is 17.5 Å². The highest BCUT2D eigenvalue weighted by atomic mass is 32.1. The Morgan fingerprint density at radius 2 is 2.04 bits per heavy atom. The average molecular weight is 386 g/mol. The zero-order chi connectivity index (χ0) is 19.1. The minimum absolute atomic E-state index is 0.161. The van der Waals surface area contributed by atoms with E-state index >= 15 is 0 Å². The summed E-state index contributed by atoms with van der Waals surface area (Å²) in [4.78, 5) is 17.6. The first-order chi connectivity index (χ1) is 12.9. The summed E-state index contributed by atoms with van der Waals surface area (Å²) in [6.07, 6.45) is 0. The number of nitrogen functional groups attached to an aromatic ring is 1. The molecule has 6 nitrogen and oxygen atoms in total. The second kappa shape index (κ2) is 6.44. The quantitative estimate of drug-likeness (QED) is 0.545. The molecule has 136 valence electrons. The van der Waals surface area contributed by atoms with Gasteiger partial charge in [-0.1, -0.05) is 5.16 Å². The second-order valence-electron chi connectivity index (χ2n) is 5.80. The van der Waals surface area contributed by atoms with Crippen LogP contribution in [0.2, 0.25) is 0 Å². The van der Waals surface area contributed by atoms with Crippen LogP contribution in [0.5, 0.6) is 0 Å². The van der Waals surface area contributed by atoms with Crippen molar-refractivity contribution in [1.82, 2.24) is 10.1 Å². The molecule has 27 heavy (non-hydrogen) atoms. The summed E-state index contributed by atoms with van der Waals surface area (Å²) in [6.45, 7) is 1.70. The van der Waals surface area contributed by atoms with Crippen LogP contribution in [0, 0.1) is 18.6 Å². The number of carbonyl (C=O) groups is 1. The van der Waals surface area contributed by atoms with E-state index in [1.54, 1.807) is 25.1 Å². The van der Waals surface area contributed by atoms with Crippen LogP contribution in [0.3, 0.4) is 0 Å². The number of halogens is 2. The molecule has 0 radical (unpaired) electrons. The summed E-state index contributed by atoms with van der Waals surface area (Å²) in [6, 6.07) is 8.08. The summed E-state index contributed by atoms with van der Waals surface area (Å²) < 4.78 is 32.0. The van der Waals surface area contributed by atoms with E-state index in [1.165, 1.54) is 6.07 Å². The predicted octanol–water partition coefficient (Wildman–Crippen LogP) is 4.37. The molecular weight excluding hydrogens is 374 g/mol. The third kappa shape index (κ3) is 3.13. The van der Waals surface area contributed by atoms with Crippen LogP contribution < -0.4 is 11.1 Å². The smallest absolute Gasteiger partial charge is 0.269 e. The van der Waals surface area contributed by atoms with Gasteiger partial charge in [0.05, 0.1) is 11.4 Å². The maximum absolute atomic E-state index is 14.0. The number of hydrogen-bond donors (Lipinski definition) is 2. The zero-order valence-corrected chi connectivity index (χ0v) is 14.7. The van der Waals surface area contributed by atoms with Gasteiger partial charge in [-0.15, -0.1) is 11.3 Å². The van der Waals surface area contributed by atoms with Crippen LogP contribution in [-0.2, 0) is 0 Å². The Hall–Kier alpha value is -3.33. The summed E-state index contributed by atoms with van der Waals surface area (Å²) in [7, 11) is 0. The summed E-state index contributed by atoms with van der Waals surface area (Å²) in [5, 5.41) is 6.88. The summed E-state index contributed by atoms with van der Waals surface area (Å²) in [5.41, 5.74) is 6.83. The molecule has 0 aliphatic carbocycles. The fraction of sp³-hybridized carbons (Fsp3) is 0.0556. The van der Waals surface area contributed by atoms with Crippen molar-refractivity contribution >= 4 is 39.0 Å². The number of rotatable bonds is 3. The second-order valence-corrected chi connectivity index (χ2v) is 6.79. The third-order valence-corrected chi connectivity index (χ3v) is 4.99. The molecule has 9 heteroatoms. The maximum atomic E-state index is 14.0. The number of nitrogens with two attached hydrogens (primary N) is 1. The van der Waals surface area contributed by atoms with E-state index in [-0.39, 0.29) is 21.9 Å². The molecule has 0 unspecified atom stereocenters. The van der Waals surface area contributed by atoms with E-state index in [1.807, 2.05) is 0 Å². The molecule has 0 saturated carbocycles. The summed E-state index contributed by atoms with van der Waals surface area (Å²) in [5.74, 6) is -0.998. The molecule has 0 aliphatic rings. The van der Waals surface area contributed by atoms with E-state index in [0.717, 1.165) is 23.5 Å². The molecule has 0 aliphatic heterocycles. The number of fused-ring (bicyclic) bond motifs is 1. The number of anilines is 2. The van der Waals surface area contributed by atoms with Crippen molar-refractivity contribution in [3.63, 3.8) is 0 Å². The molecule has 0 saturated heterocycles. The van der Waals surface area contributed by atoms with Crippen LogP contribution in [0.1, 0.15) is 15.4 Å². The van der Waals surface area contributed by atoms with E-state index in [9.17, 15) is 13.6 Å². The Labute approximate surface area is 155 Å². The van der Waals surface area contributed by atoms with Gasteiger partial charge in [-0.3, -0.25) is 4.79 Å². The van der Waals surface area contributed by atoms with E-state index in [2.05, 4.69) is 15.5 Å². The Morgan fingerprint density at radius 3 is 2.74 bits per heavy atom. The number of amides is 1. The molecule has 0 atom stereocenters.